The number of nitrogen functional groups attached to an aromatic ring is 1. The van der Waals surface area contributed by atoms with E-state index in [9.17, 15) is 4.79 Å². The summed E-state index contributed by atoms with van der Waals surface area (Å²) >= 11 is 4.90. The van der Waals surface area contributed by atoms with Gasteiger partial charge in [-0.15, -0.1) is 11.3 Å². The summed E-state index contributed by atoms with van der Waals surface area (Å²) in [6, 6.07) is 1.99. The molecule has 4 heterocycles. The predicted molar refractivity (Wildman–Crippen MR) is 129 cm³/mol. The van der Waals surface area contributed by atoms with E-state index >= 15 is 0 Å². The monoisotopic (exact) mass is 522 g/mol. The third-order valence-electron chi connectivity index (χ3n) is 5.30. The standard InChI is InChI=1S/C20H27BrN8O2S/c1-12-25-20(31-8-7-27(2)3)17(32-12)19(30)26-13-5-4-6-28(10-13)14-9-15(21)29-16(14)18(22)23-11-24-29/h9,11,13H,4-8,10H2,1-3H3,(H,26,30)(H2,22,23,24). The zero-order valence-electron chi connectivity index (χ0n) is 18.3. The molecule has 10 nitrogen and oxygen atoms in total. The third-order valence-corrected chi connectivity index (χ3v) is 6.82. The molecule has 1 aliphatic heterocycles. The van der Waals surface area contributed by atoms with Gasteiger partial charge in [0, 0.05) is 25.7 Å². The Hall–Kier alpha value is -2.44. The second-order valence-corrected chi connectivity index (χ2v) is 10.1. The van der Waals surface area contributed by atoms with Crippen LogP contribution < -0.4 is 20.7 Å². The minimum atomic E-state index is -0.145. The molecule has 1 saturated heterocycles. The highest BCUT2D eigenvalue weighted by atomic mass is 79.9. The SMILES string of the molecule is Cc1nc(OCCN(C)C)c(C(=O)NC2CCCN(c3cc(Br)n4ncnc(N)c34)C2)s1. The lowest BCUT2D eigenvalue weighted by molar-refractivity contribution is 0.0932. The smallest absolute Gasteiger partial charge is 0.267 e. The lowest BCUT2D eigenvalue weighted by Crippen LogP contribution is -2.47. The molecule has 4 rings (SSSR count). The Morgan fingerprint density at radius 3 is 3.06 bits per heavy atom. The molecule has 0 aliphatic carbocycles. The molecular formula is C20H27BrN8O2S. The van der Waals surface area contributed by atoms with E-state index in [0.29, 0.717) is 29.7 Å². The average molecular weight is 523 g/mol. The van der Waals surface area contributed by atoms with Crippen LogP contribution in [0.5, 0.6) is 5.88 Å². The fourth-order valence-corrected chi connectivity index (χ4v) is 5.04. The number of nitrogens with two attached hydrogens (primary N) is 1. The minimum absolute atomic E-state index is 0.00661. The van der Waals surface area contributed by atoms with Crippen LogP contribution in [0.1, 0.15) is 27.5 Å². The van der Waals surface area contributed by atoms with E-state index in [1.165, 1.54) is 17.7 Å². The van der Waals surface area contributed by atoms with Gasteiger partial charge in [0.2, 0.25) is 5.88 Å². The van der Waals surface area contributed by atoms with Crippen molar-refractivity contribution in [3.63, 3.8) is 0 Å². The normalized spacial score (nSPS) is 16.7. The summed E-state index contributed by atoms with van der Waals surface area (Å²) in [6.45, 7) is 4.65. The van der Waals surface area contributed by atoms with Crippen LogP contribution in [-0.4, -0.2) is 76.8 Å². The second-order valence-electron chi connectivity index (χ2n) is 8.04. The second kappa shape index (κ2) is 9.59. The molecule has 0 saturated carbocycles. The molecule has 1 amide bonds. The molecule has 12 heteroatoms. The molecule has 3 N–H and O–H groups in total. The quantitative estimate of drug-likeness (QED) is 0.485. The highest BCUT2D eigenvalue weighted by Crippen LogP contribution is 2.33. The van der Waals surface area contributed by atoms with E-state index in [0.717, 1.165) is 46.7 Å². The first-order valence-electron chi connectivity index (χ1n) is 10.4. The Kier molecular flexibility index (Phi) is 6.82. The fraction of sp³-hybridized carbons (Fsp3) is 0.500. The zero-order valence-corrected chi connectivity index (χ0v) is 20.7. The number of ether oxygens (including phenoxy) is 1. The van der Waals surface area contributed by atoms with Crippen LogP contribution in [0.2, 0.25) is 0 Å². The van der Waals surface area contributed by atoms with E-state index in [4.69, 9.17) is 10.5 Å². The van der Waals surface area contributed by atoms with Crippen LogP contribution in [0.3, 0.4) is 0 Å². The molecule has 1 aliphatic rings. The van der Waals surface area contributed by atoms with E-state index in [2.05, 4.69) is 41.2 Å². The number of fused-ring (bicyclic) bond motifs is 1. The van der Waals surface area contributed by atoms with Gasteiger partial charge in [0.15, 0.2) is 10.7 Å². The van der Waals surface area contributed by atoms with E-state index in [1.54, 1.807) is 4.52 Å². The predicted octanol–water partition coefficient (Wildman–Crippen LogP) is 2.18. The Balaban J connectivity index is 1.47. The molecule has 32 heavy (non-hydrogen) atoms. The van der Waals surface area contributed by atoms with E-state index < -0.39 is 0 Å². The number of likely N-dealkylation sites (N-methyl/N-ethyl adjacent to an activating group) is 1. The van der Waals surface area contributed by atoms with Gasteiger partial charge in [-0.1, -0.05) is 0 Å². The lowest BCUT2D eigenvalue weighted by atomic mass is 10.0. The number of aryl methyl sites for hydroxylation is 1. The van der Waals surface area contributed by atoms with E-state index in [-0.39, 0.29) is 11.9 Å². The Labute approximate surface area is 198 Å². The highest BCUT2D eigenvalue weighted by Gasteiger charge is 2.27. The Bertz CT molecular complexity index is 1110. The summed E-state index contributed by atoms with van der Waals surface area (Å²) in [4.78, 5) is 26.4. The fourth-order valence-electron chi connectivity index (χ4n) is 3.79. The van der Waals surface area contributed by atoms with Gasteiger partial charge in [-0.2, -0.15) is 5.10 Å². The summed E-state index contributed by atoms with van der Waals surface area (Å²) in [5.74, 6) is 0.686. The van der Waals surface area contributed by atoms with Crippen LogP contribution in [0.25, 0.3) is 5.52 Å². The largest absolute Gasteiger partial charge is 0.475 e. The molecule has 3 aromatic rings. The maximum Gasteiger partial charge on any atom is 0.267 e. The van der Waals surface area contributed by atoms with Crippen LogP contribution in [0, 0.1) is 6.92 Å². The first-order chi connectivity index (χ1) is 15.3. The summed E-state index contributed by atoms with van der Waals surface area (Å²) in [6.07, 6.45) is 3.28. The van der Waals surface area contributed by atoms with Gasteiger partial charge in [-0.05, 0) is 55.9 Å². The van der Waals surface area contributed by atoms with Crippen LogP contribution in [-0.2, 0) is 0 Å². The number of anilines is 2. The topological polar surface area (TPSA) is 114 Å². The van der Waals surface area contributed by atoms with Crippen LogP contribution >= 0.6 is 27.3 Å². The maximum absolute atomic E-state index is 13.1. The van der Waals surface area contributed by atoms with Crippen molar-refractivity contribution < 1.29 is 9.53 Å². The number of aromatic nitrogens is 4. The number of nitrogens with one attached hydrogen (secondary N) is 1. The number of carbonyl (C=O) groups excluding carboxylic acids is 1. The van der Waals surface area contributed by atoms with Crippen molar-refractivity contribution in [2.24, 2.45) is 0 Å². The van der Waals surface area contributed by atoms with E-state index in [1.807, 2.05) is 32.0 Å². The van der Waals surface area contributed by atoms with Crippen molar-refractivity contribution in [2.45, 2.75) is 25.8 Å². The van der Waals surface area contributed by atoms with Gasteiger partial charge in [0.05, 0.1) is 10.7 Å². The maximum atomic E-state index is 13.1. The first kappa shape index (κ1) is 22.7. The molecule has 0 radical (unpaired) electrons. The van der Waals surface area contributed by atoms with Gasteiger partial charge in [0.1, 0.15) is 23.1 Å². The summed E-state index contributed by atoms with van der Waals surface area (Å²) in [7, 11) is 3.95. The Morgan fingerprint density at radius 1 is 1.47 bits per heavy atom. The summed E-state index contributed by atoms with van der Waals surface area (Å²) in [5, 5.41) is 8.25. The number of hydrogen-bond acceptors (Lipinski definition) is 9. The van der Waals surface area contributed by atoms with Gasteiger partial charge < -0.3 is 25.6 Å². The van der Waals surface area contributed by atoms with Gasteiger partial charge in [-0.25, -0.2) is 14.5 Å². The molecule has 1 fully saturated rings. The van der Waals surface area contributed by atoms with Gasteiger partial charge in [0.25, 0.3) is 5.91 Å². The molecule has 1 atom stereocenters. The summed E-state index contributed by atoms with van der Waals surface area (Å²) in [5.41, 5.74) is 7.85. The molecule has 0 aromatic carbocycles. The molecular weight excluding hydrogens is 496 g/mol. The molecule has 0 spiro atoms. The van der Waals surface area contributed by atoms with Crippen molar-refractivity contribution in [1.82, 2.24) is 29.8 Å². The third kappa shape index (κ3) is 4.81. The van der Waals surface area contributed by atoms with Gasteiger partial charge in [-0.3, -0.25) is 4.79 Å². The minimum Gasteiger partial charge on any atom is -0.475 e. The lowest BCUT2D eigenvalue weighted by Gasteiger charge is -2.34. The molecule has 3 aromatic heterocycles. The van der Waals surface area contributed by atoms with Crippen molar-refractivity contribution in [3.05, 3.63) is 26.9 Å². The van der Waals surface area contributed by atoms with Crippen molar-refractivity contribution in [1.29, 1.82) is 0 Å². The molecule has 0 bridgehead atoms. The molecule has 1 unspecified atom stereocenters. The Morgan fingerprint density at radius 2 is 2.28 bits per heavy atom. The number of piperidine rings is 1. The number of nitrogens with zero attached hydrogens (tertiary/aromatic N) is 6. The number of rotatable bonds is 7. The number of amides is 1. The molecule has 172 valence electrons. The summed E-state index contributed by atoms with van der Waals surface area (Å²) < 4.78 is 8.33. The zero-order chi connectivity index (χ0) is 22.8. The number of halogens is 1. The number of carbonyl (C=O) groups is 1. The van der Waals surface area contributed by atoms with Gasteiger partial charge >= 0.3 is 0 Å². The van der Waals surface area contributed by atoms with Crippen molar-refractivity contribution >= 4 is 50.2 Å². The van der Waals surface area contributed by atoms with Crippen molar-refractivity contribution in [3.8, 4) is 5.88 Å². The number of thiazole rings is 1. The van der Waals surface area contributed by atoms with Crippen LogP contribution in [0.15, 0.2) is 17.0 Å². The number of hydrogen-bond donors (Lipinski definition) is 2. The average Bonchev–Trinajstić information content (AvgIpc) is 3.29. The van der Waals surface area contributed by atoms with Crippen LogP contribution in [0.4, 0.5) is 11.5 Å². The van der Waals surface area contributed by atoms with Crippen molar-refractivity contribution in [2.75, 3.05) is 51.0 Å². The first-order valence-corrected chi connectivity index (χ1v) is 12.0. The highest BCUT2D eigenvalue weighted by molar-refractivity contribution is 9.10.